The fourth-order valence-corrected chi connectivity index (χ4v) is 3.09. The van der Waals surface area contributed by atoms with E-state index >= 15 is 0 Å². The molecule has 2 saturated heterocycles. The maximum atomic E-state index is 12.5. The highest BCUT2D eigenvalue weighted by molar-refractivity contribution is 5.88. The third-order valence-corrected chi connectivity index (χ3v) is 4.18. The summed E-state index contributed by atoms with van der Waals surface area (Å²) in [6.07, 6.45) is -2.71. The van der Waals surface area contributed by atoms with Gasteiger partial charge in [-0.1, -0.05) is 0 Å². The van der Waals surface area contributed by atoms with Crippen LogP contribution in [0.25, 0.3) is 0 Å². The molecular formula is C14H19NO9. The summed E-state index contributed by atoms with van der Waals surface area (Å²) in [7, 11) is 3.48. The molecule has 0 radical (unpaired) electrons. The lowest BCUT2D eigenvalue weighted by Crippen LogP contribution is -2.52. The van der Waals surface area contributed by atoms with Gasteiger partial charge in [-0.15, -0.1) is 0 Å². The molecule has 10 heteroatoms. The quantitative estimate of drug-likeness (QED) is 0.461. The van der Waals surface area contributed by atoms with Crippen molar-refractivity contribution in [2.45, 2.75) is 37.5 Å². The number of ether oxygens (including phenoxy) is 3. The number of carbonyl (C=O) groups excluding carboxylic acids is 4. The second kappa shape index (κ2) is 6.83. The number of rotatable bonds is 5. The molecule has 0 bridgehead atoms. The van der Waals surface area contributed by atoms with Crippen molar-refractivity contribution in [1.29, 1.82) is 0 Å². The number of nitrogens with zero attached hydrogens (tertiary/aromatic N) is 1. The van der Waals surface area contributed by atoms with Gasteiger partial charge in [0, 0.05) is 18.8 Å². The van der Waals surface area contributed by atoms with Crippen LogP contribution < -0.4 is 0 Å². The predicted octanol–water partition coefficient (Wildman–Crippen LogP) is -0.841. The van der Waals surface area contributed by atoms with E-state index in [0.29, 0.717) is 0 Å². The summed E-state index contributed by atoms with van der Waals surface area (Å²) in [4.78, 5) is 58.6. The van der Waals surface area contributed by atoms with Gasteiger partial charge in [0.1, 0.15) is 5.78 Å². The summed E-state index contributed by atoms with van der Waals surface area (Å²) in [5, 5.41) is 0.773. The van der Waals surface area contributed by atoms with Crippen LogP contribution >= 0.6 is 0 Å². The topological polar surface area (TPSA) is 118 Å². The third kappa shape index (κ3) is 2.76. The maximum Gasteiger partial charge on any atom is 0.337 e. The van der Waals surface area contributed by atoms with Gasteiger partial charge in [-0.05, 0) is 12.2 Å². The number of carbonyl (C=O) groups is 4. The largest absolute Gasteiger partial charge is 0.467 e. The Morgan fingerprint density at radius 3 is 2.17 bits per heavy atom. The minimum Gasteiger partial charge on any atom is -0.467 e. The van der Waals surface area contributed by atoms with E-state index in [1.54, 1.807) is 0 Å². The smallest absolute Gasteiger partial charge is 0.337 e. The molecule has 0 N–H and O–H groups in total. The second-order valence-corrected chi connectivity index (χ2v) is 5.56. The number of Topliss-reactive ketones (excluding diaryl/α,β-unsaturated/α-hetero) is 1. The van der Waals surface area contributed by atoms with E-state index in [4.69, 9.17) is 14.4 Å². The van der Waals surface area contributed by atoms with Crippen molar-refractivity contribution >= 4 is 23.7 Å². The van der Waals surface area contributed by atoms with Gasteiger partial charge < -0.3 is 19.0 Å². The molecule has 10 nitrogen and oxygen atoms in total. The number of hydrogen-bond acceptors (Lipinski definition) is 10. The first-order chi connectivity index (χ1) is 11.3. The zero-order valence-electron chi connectivity index (χ0n) is 13.8. The number of esters is 3. The summed E-state index contributed by atoms with van der Waals surface area (Å²) < 4.78 is 14.1. The van der Waals surface area contributed by atoms with Gasteiger partial charge in [0.15, 0.2) is 17.7 Å². The fourth-order valence-electron chi connectivity index (χ4n) is 3.09. The molecule has 0 unspecified atom stereocenters. The third-order valence-electron chi connectivity index (χ3n) is 4.18. The number of hydrogen-bond donors (Lipinski definition) is 0. The minimum absolute atomic E-state index is 0.164. The van der Waals surface area contributed by atoms with E-state index in [1.165, 1.54) is 14.0 Å². The Hall–Kier alpha value is -2.04. The molecule has 2 aliphatic heterocycles. The minimum atomic E-state index is -1.63. The molecule has 24 heavy (non-hydrogen) atoms. The van der Waals surface area contributed by atoms with Crippen LogP contribution in [0.4, 0.5) is 0 Å². The van der Waals surface area contributed by atoms with E-state index in [9.17, 15) is 19.2 Å². The lowest BCUT2D eigenvalue weighted by Gasteiger charge is -2.29. The number of hydroxylamine groups is 2. The Morgan fingerprint density at radius 1 is 1.04 bits per heavy atom. The maximum absolute atomic E-state index is 12.5. The zero-order chi connectivity index (χ0) is 18.1. The van der Waals surface area contributed by atoms with Crippen molar-refractivity contribution in [3.8, 4) is 0 Å². The van der Waals surface area contributed by atoms with E-state index < -0.39 is 41.6 Å². The van der Waals surface area contributed by atoms with Crippen LogP contribution in [-0.4, -0.2) is 68.0 Å². The van der Waals surface area contributed by atoms with Crippen molar-refractivity contribution in [3.63, 3.8) is 0 Å². The first kappa shape index (κ1) is 18.3. The molecule has 4 atom stereocenters. The summed E-state index contributed by atoms with van der Waals surface area (Å²) in [5.74, 6) is -3.48. The van der Waals surface area contributed by atoms with Crippen molar-refractivity contribution in [3.05, 3.63) is 0 Å². The number of fused-ring (bicyclic) bond motifs is 1. The molecule has 0 aromatic carbocycles. The van der Waals surface area contributed by atoms with Crippen LogP contribution in [0.2, 0.25) is 0 Å². The molecule has 0 spiro atoms. The molecular weight excluding hydrogens is 326 g/mol. The molecule has 2 fully saturated rings. The van der Waals surface area contributed by atoms with Crippen LogP contribution in [-0.2, 0) is 43.1 Å². The number of ketones is 1. The second-order valence-electron chi connectivity index (χ2n) is 5.56. The van der Waals surface area contributed by atoms with Crippen LogP contribution in [0.3, 0.4) is 0 Å². The SMILES string of the molecule is COC(=O)[C@@H]1C[C@]2(C(=O)OC)[C@@H](CC(C)=O)[C@@H](C(=O)OC)ON2O1. The first-order valence-electron chi connectivity index (χ1n) is 7.19. The van der Waals surface area contributed by atoms with E-state index in [-0.39, 0.29) is 18.6 Å². The lowest BCUT2D eigenvalue weighted by atomic mass is 9.75. The Bertz CT molecular complexity index is 562. The molecule has 134 valence electrons. The van der Waals surface area contributed by atoms with Gasteiger partial charge >= 0.3 is 17.9 Å². The van der Waals surface area contributed by atoms with E-state index in [1.807, 2.05) is 0 Å². The van der Waals surface area contributed by atoms with Crippen LogP contribution in [0, 0.1) is 5.92 Å². The highest BCUT2D eigenvalue weighted by Crippen LogP contribution is 2.49. The van der Waals surface area contributed by atoms with Crippen molar-refractivity contribution < 1.29 is 43.1 Å². The summed E-state index contributed by atoms with van der Waals surface area (Å²) in [5.41, 5.74) is -1.63. The van der Waals surface area contributed by atoms with Gasteiger partial charge in [0.2, 0.25) is 0 Å². The molecule has 2 rings (SSSR count). The zero-order valence-corrected chi connectivity index (χ0v) is 13.8. The Balaban J connectivity index is 2.45. The average molecular weight is 345 g/mol. The van der Waals surface area contributed by atoms with Gasteiger partial charge in [0.05, 0.1) is 21.3 Å². The Morgan fingerprint density at radius 2 is 1.67 bits per heavy atom. The van der Waals surface area contributed by atoms with Gasteiger partial charge in [0.25, 0.3) is 0 Å². The van der Waals surface area contributed by atoms with Gasteiger partial charge in [-0.25, -0.2) is 14.4 Å². The Labute approximate surface area is 137 Å². The van der Waals surface area contributed by atoms with Crippen LogP contribution in [0.1, 0.15) is 19.8 Å². The van der Waals surface area contributed by atoms with Crippen LogP contribution in [0.15, 0.2) is 0 Å². The van der Waals surface area contributed by atoms with Gasteiger partial charge in [-0.2, -0.15) is 0 Å². The molecule has 0 aliphatic carbocycles. The van der Waals surface area contributed by atoms with E-state index in [2.05, 4.69) is 9.47 Å². The normalized spacial score (nSPS) is 32.1. The first-order valence-corrected chi connectivity index (χ1v) is 7.19. The van der Waals surface area contributed by atoms with Crippen LogP contribution in [0.5, 0.6) is 0 Å². The highest BCUT2D eigenvalue weighted by Gasteiger charge is 2.69. The molecule has 0 aromatic heterocycles. The number of methoxy groups -OCH3 is 3. The highest BCUT2D eigenvalue weighted by atomic mass is 17.0. The standard InChI is InChI=1S/C14H19NO9/c1-7(16)5-8-10(12(18)21-3)24-15-14(8,13(19)22-4)6-9(23-15)11(17)20-2/h8-10H,5-6H2,1-4H3/t8-,9-,10-,14+/m0/s1. The fraction of sp³-hybridized carbons (Fsp3) is 0.714. The summed E-state index contributed by atoms with van der Waals surface area (Å²) in [6.45, 7) is 1.32. The predicted molar refractivity (Wildman–Crippen MR) is 73.8 cm³/mol. The molecule has 2 aliphatic rings. The van der Waals surface area contributed by atoms with E-state index in [0.717, 1.165) is 19.4 Å². The summed E-state index contributed by atoms with van der Waals surface area (Å²) in [6, 6.07) is 0. The Kier molecular flexibility index (Phi) is 5.21. The van der Waals surface area contributed by atoms with Crippen molar-refractivity contribution in [1.82, 2.24) is 5.23 Å². The van der Waals surface area contributed by atoms with Crippen molar-refractivity contribution in [2.75, 3.05) is 21.3 Å². The monoisotopic (exact) mass is 345 g/mol. The lowest BCUT2D eigenvalue weighted by molar-refractivity contribution is -0.362. The molecule has 0 aromatic rings. The van der Waals surface area contributed by atoms with Crippen molar-refractivity contribution in [2.24, 2.45) is 5.92 Å². The van der Waals surface area contributed by atoms with Gasteiger partial charge in [-0.3, -0.25) is 9.68 Å². The molecule has 2 heterocycles. The average Bonchev–Trinajstić information content (AvgIpc) is 3.07. The molecule has 0 amide bonds. The summed E-state index contributed by atoms with van der Waals surface area (Å²) >= 11 is 0. The molecule has 0 saturated carbocycles.